The van der Waals surface area contributed by atoms with Gasteiger partial charge in [-0.2, -0.15) is 5.26 Å². The highest BCUT2D eigenvalue weighted by molar-refractivity contribution is 7.90. The van der Waals surface area contributed by atoms with Gasteiger partial charge in [0, 0.05) is 0 Å². The third-order valence-corrected chi connectivity index (χ3v) is 4.37. The van der Waals surface area contributed by atoms with Crippen molar-refractivity contribution in [2.45, 2.75) is 10.6 Å². The van der Waals surface area contributed by atoms with E-state index in [1.165, 1.54) is 6.07 Å². The van der Waals surface area contributed by atoms with E-state index >= 15 is 0 Å². The summed E-state index contributed by atoms with van der Waals surface area (Å²) in [5, 5.41) is 8.71. The smallest absolute Gasteiger partial charge is 0.185 e. The van der Waals surface area contributed by atoms with E-state index in [0.717, 1.165) is 18.2 Å². The fourth-order valence-corrected chi connectivity index (χ4v) is 3.23. The largest absolute Gasteiger partial charge is 0.223 e. The van der Waals surface area contributed by atoms with Crippen molar-refractivity contribution in [2.24, 2.45) is 0 Å². The average molecular weight is 311 g/mol. The van der Waals surface area contributed by atoms with Crippen molar-refractivity contribution in [3.63, 3.8) is 0 Å². The summed E-state index contributed by atoms with van der Waals surface area (Å²) in [6.45, 7) is 0. The maximum Gasteiger partial charge on any atom is 0.185 e. The summed E-state index contributed by atoms with van der Waals surface area (Å²) in [6, 6.07) is 6.80. The maximum absolute atomic E-state index is 13.5. The van der Waals surface area contributed by atoms with Crippen LogP contribution >= 0.6 is 0 Å². The first kappa shape index (κ1) is 15.1. The Bertz CT molecular complexity index is 842. The van der Waals surface area contributed by atoms with Gasteiger partial charge in [0.1, 0.15) is 22.3 Å². The zero-order chi connectivity index (χ0) is 15.6. The van der Waals surface area contributed by atoms with Crippen LogP contribution in [-0.4, -0.2) is 8.42 Å². The molecule has 3 nitrogen and oxygen atoms in total. The molecule has 108 valence electrons. The molecule has 2 aromatic carbocycles. The molecule has 7 heteroatoms. The van der Waals surface area contributed by atoms with Gasteiger partial charge in [-0.1, -0.05) is 0 Å². The molecule has 0 fully saturated rings. The first-order valence-corrected chi connectivity index (χ1v) is 7.34. The van der Waals surface area contributed by atoms with E-state index in [0.29, 0.717) is 12.1 Å². The Morgan fingerprint density at radius 1 is 1.00 bits per heavy atom. The zero-order valence-corrected chi connectivity index (χ0v) is 11.3. The quantitative estimate of drug-likeness (QED) is 0.875. The highest BCUT2D eigenvalue weighted by Gasteiger charge is 2.21. The lowest BCUT2D eigenvalue weighted by molar-refractivity contribution is 0.552. The van der Waals surface area contributed by atoms with Gasteiger partial charge in [0.15, 0.2) is 9.84 Å². The number of sulfone groups is 1. The van der Waals surface area contributed by atoms with Crippen molar-refractivity contribution in [2.75, 3.05) is 0 Å². The van der Waals surface area contributed by atoms with Crippen LogP contribution in [0.2, 0.25) is 0 Å². The summed E-state index contributed by atoms with van der Waals surface area (Å²) in [5.74, 6) is -3.50. The summed E-state index contributed by atoms with van der Waals surface area (Å²) < 4.78 is 64.0. The van der Waals surface area contributed by atoms with Gasteiger partial charge in [0.05, 0.1) is 17.4 Å². The predicted molar refractivity (Wildman–Crippen MR) is 68.4 cm³/mol. The molecule has 21 heavy (non-hydrogen) atoms. The van der Waals surface area contributed by atoms with E-state index in [2.05, 4.69) is 0 Å². The number of benzene rings is 2. The van der Waals surface area contributed by atoms with Gasteiger partial charge in [0.25, 0.3) is 0 Å². The van der Waals surface area contributed by atoms with Crippen molar-refractivity contribution in [1.82, 2.24) is 0 Å². The van der Waals surface area contributed by atoms with Crippen molar-refractivity contribution < 1.29 is 21.6 Å². The third-order valence-electron chi connectivity index (χ3n) is 2.67. The minimum absolute atomic E-state index is 0.0183. The predicted octanol–water partition coefficient (Wildman–Crippen LogP) is 2.95. The van der Waals surface area contributed by atoms with Crippen LogP contribution in [0.3, 0.4) is 0 Å². The van der Waals surface area contributed by atoms with Crippen molar-refractivity contribution in [1.29, 1.82) is 5.26 Å². The van der Waals surface area contributed by atoms with Gasteiger partial charge in [-0.05, 0) is 42.0 Å². The molecule has 0 saturated carbocycles. The van der Waals surface area contributed by atoms with Crippen LogP contribution in [0.1, 0.15) is 11.1 Å². The number of hydrogen-bond donors (Lipinski definition) is 0. The molecule has 0 aromatic heterocycles. The van der Waals surface area contributed by atoms with E-state index < -0.39 is 37.9 Å². The number of nitriles is 1. The normalized spacial score (nSPS) is 11.1. The lowest BCUT2D eigenvalue weighted by Gasteiger charge is -2.07. The van der Waals surface area contributed by atoms with Gasteiger partial charge in [-0.15, -0.1) is 0 Å². The van der Waals surface area contributed by atoms with Crippen molar-refractivity contribution in [3.8, 4) is 6.07 Å². The molecule has 0 radical (unpaired) electrons. The number of nitrogens with zero attached hydrogens (tertiary/aromatic N) is 1. The highest BCUT2D eigenvalue weighted by Crippen LogP contribution is 2.21. The Morgan fingerprint density at radius 2 is 1.71 bits per heavy atom. The Kier molecular flexibility index (Phi) is 4.00. The second-order valence-corrected chi connectivity index (χ2v) is 6.25. The molecule has 0 N–H and O–H groups in total. The lowest BCUT2D eigenvalue weighted by atomic mass is 10.1. The van der Waals surface area contributed by atoms with Gasteiger partial charge >= 0.3 is 0 Å². The van der Waals surface area contributed by atoms with E-state index in [-0.39, 0.29) is 11.1 Å². The second-order valence-electron chi connectivity index (χ2n) is 4.29. The highest BCUT2D eigenvalue weighted by atomic mass is 32.2. The molecule has 2 rings (SSSR count). The Hall–Kier alpha value is -2.33. The van der Waals surface area contributed by atoms with Crippen LogP contribution in [0.25, 0.3) is 0 Å². The average Bonchev–Trinajstić information content (AvgIpc) is 2.40. The maximum atomic E-state index is 13.5. The molecule has 0 spiro atoms. The van der Waals surface area contributed by atoms with Crippen LogP contribution in [0.4, 0.5) is 13.2 Å². The molecule has 0 unspecified atom stereocenters. The summed E-state index contributed by atoms with van der Waals surface area (Å²) in [5.41, 5.74) is -0.0740. The molecule has 0 atom stereocenters. The summed E-state index contributed by atoms with van der Waals surface area (Å²) in [7, 11) is -4.20. The molecule has 0 aliphatic carbocycles. The van der Waals surface area contributed by atoms with E-state index in [4.69, 9.17) is 5.26 Å². The van der Waals surface area contributed by atoms with Gasteiger partial charge in [0.2, 0.25) is 0 Å². The Balaban J connectivity index is 2.45. The second kappa shape index (κ2) is 5.58. The first-order valence-electron chi connectivity index (χ1n) is 5.69. The molecule has 0 aliphatic heterocycles. The van der Waals surface area contributed by atoms with Crippen molar-refractivity contribution in [3.05, 3.63) is 65.0 Å². The first-order chi connectivity index (χ1) is 9.81. The van der Waals surface area contributed by atoms with Gasteiger partial charge in [-0.3, -0.25) is 0 Å². The standard InChI is InChI=1S/C14H8F3NO2S/c15-11-1-2-13(17)14(6-11)21(19,20)8-10-3-9(7-18)4-12(16)5-10/h1-6H,8H2. The Morgan fingerprint density at radius 3 is 2.38 bits per heavy atom. The zero-order valence-electron chi connectivity index (χ0n) is 10.5. The number of halogens is 3. The van der Waals surface area contributed by atoms with Crippen LogP contribution in [-0.2, 0) is 15.6 Å². The molecule has 0 heterocycles. The van der Waals surface area contributed by atoms with Crippen LogP contribution in [0.15, 0.2) is 41.3 Å². The SMILES string of the molecule is N#Cc1cc(F)cc(CS(=O)(=O)c2cc(F)ccc2F)c1. The topological polar surface area (TPSA) is 57.9 Å². The van der Waals surface area contributed by atoms with Gasteiger partial charge < -0.3 is 0 Å². The van der Waals surface area contributed by atoms with E-state index in [9.17, 15) is 21.6 Å². The molecule has 0 aliphatic rings. The molecule has 0 saturated heterocycles. The molecule has 0 bridgehead atoms. The van der Waals surface area contributed by atoms with Gasteiger partial charge in [-0.25, -0.2) is 21.6 Å². The fourth-order valence-electron chi connectivity index (χ4n) is 1.81. The fraction of sp³-hybridized carbons (Fsp3) is 0.0714. The summed E-state index contributed by atoms with van der Waals surface area (Å²) in [4.78, 5) is -0.801. The number of hydrogen-bond acceptors (Lipinski definition) is 3. The Labute approximate surface area is 119 Å². The lowest BCUT2D eigenvalue weighted by Crippen LogP contribution is -2.08. The molecular weight excluding hydrogens is 303 g/mol. The van der Waals surface area contributed by atoms with Crippen LogP contribution in [0.5, 0.6) is 0 Å². The third kappa shape index (κ3) is 3.41. The minimum atomic E-state index is -4.20. The molecular formula is C14H8F3NO2S. The molecule has 0 amide bonds. The van der Waals surface area contributed by atoms with Crippen LogP contribution < -0.4 is 0 Å². The van der Waals surface area contributed by atoms with Crippen molar-refractivity contribution >= 4 is 9.84 Å². The summed E-state index contributed by atoms with van der Waals surface area (Å²) >= 11 is 0. The summed E-state index contributed by atoms with van der Waals surface area (Å²) in [6.07, 6.45) is 0. The molecule has 2 aromatic rings. The van der Waals surface area contributed by atoms with E-state index in [1.54, 1.807) is 6.07 Å². The minimum Gasteiger partial charge on any atom is -0.223 e. The monoisotopic (exact) mass is 311 g/mol. The number of rotatable bonds is 3. The van der Waals surface area contributed by atoms with E-state index in [1.807, 2.05) is 0 Å². The van der Waals surface area contributed by atoms with Crippen LogP contribution in [0, 0.1) is 28.8 Å².